The fourth-order valence-corrected chi connectivity index (χ4v) is 1.99. The van der Waals surface area contributed by atoms with Crippen LogP contribution in [0.1, 0.15) is 11.1 Å². The average molecular weight is 290 g/mol. The number of halogens is 1. The van der Waals surface area contributed by atoms with E-state index in [0.29, 0.717) is 22.1 Å². The maximum atomic E-state index is 11.9. The molecule has 2 aromatic rings. The first-order valence-corrected chi connectivity index (χ1v) is 6.54. The number of carbonyl (C=O) groups excluding carboxylic acids is 1. The second-order valence-corrected chi connectivity index (χ2v) is 5.05. The van der Waals surface area contributed by atoms with E-state index in [2.05, 4.69) is 10.6 Å². The predicted molar refractivity (Wildman–Crippen MR) is 84.4 cm³/mol. The van der Waals surface area contributed by atoms with Gasteiger partial charge in [0.15, 0.2) is 0 Å². The van der Waals surface area contributed by atoms with Crippen LogP contribution in [0, 0.1) is 13.8 Å². The van der Waals surface area contributed by atoms with E-state index in [1.54, 1.807) is 24.3 Å². The number of hydrogen-bond donors (Lipinski definition) is 3. The number of nitrogens with one attached hydrogen (secondary N) is 2. The molecule has 5 heteroatoms. The van der Waals surface area contributed by atoms with Gasteiger partial charge in [-0.25, -0.2) is 4.79 Å². The zero-order valence-corrected chi connectivity index (χ0v) is 12.1. The van der Waals surface area contributed by atoms with Crippen molar-refractivity contribution in [2.75, 3.05) is 16.4 Å². The third kappa shape index (κ3) is 3.42. The number of urea groups is 1. The van der Waals surface area contributed by atoms with Crippen molar-refractivity contribution in [1.82, 2.24) is 0 Å². The van der Waals surface area contributed by atoms with Crippen LogP contribution in [0.4, 0.5) is 21.9 Å². The van der Waals surface area contributed by atoms with E-state index < -0.39 is 0 Å². The molecule has 0 atom stereocenters. The van der Waals surface area contributed by atoms with Crippen molar-refractivity contribution in [3.8, 4) is 0 Å². The van der Waals surface area contributed by atoms with E-state index in [1.165, 1.54) is 0 Å². The lowest BCUT2D eigenvalue weighted by Gasteiger charge is -2.12. The lowest BCUT2D eigenvalue weighted by atomic mass is 10.1. The molecule has 2 aromatic carbocycles. The SMILES string of the molecule is Cc1cc(N)c(NC(=O)Nc2cccc(Cl)c2)cc1C. The molecule has 0 radical (unpaired) electrons. The first kappa shape index (κ1) is 14.2. The van der Waals surface area contributed by atoms with Crippen LogP contribution in [0.3, 0.4) is 0 Å². The van der Waals surface area contributed by atoms with Crippen LogP contribution in [0.25, 0.3) is 0 Å². The third-order valence-corrected chi connectivity index (χ3v) is 3.23. The van der Waals surface area contributed by atoms with Crippen molar-refractivity contribution in [1.29, 1.82) is 0 Å². The van der Waals surface area contributed by atoms with Crippen molar-refractivity contribution in [3.63, 3.8) is 0 Å². The summed E-state index contributed by atoms with van der Waals surface area (Å²) in [6.07, 6.45) is 0. The van der Waals surface area contributed by atoms with E-state index in [9.17, 15) is 4.79 Å². The van der Waals surface area contributed by atoms with Crippen molar-refractivity contribution in [3.05, 3.63) is 52.5 Å². The molecule has 0 aromatic heterocycles. The van der Waals surface area contributed by atoms with Crippen LogP contribution < -0.4 is 16.4 Å². The lowest BCUT2D eigenvalue weighted by molar-refractivity contribution is 0.262. The highest BCUT2D eigenvalue weighted by Gasteiger charge is 2.07. The zero-order chi connectivity index (χ0) is 14.7. The van der Waals surface area contributed by atoms with Crippen molar-refractivity contribution in [2.45, 2.75) is 13.8 Å². The van der Waals surface area contributed by atoms with E-state index >= 15 is 0 Å². The van der Waals surface area contributed by atoms with Gasteiger partial charge in [0.2, 0.25) is 0 Å². The minimum absolute atomic E-state index is 0.359. The summed E-state index contributed by atoms with van der Waals surface area (Å²) >= 11 is 5.86. The van der Waals surface area contributed by atoms with Gasteiger partial charge in [0, 0.05) is 10.7 Å². The number of nitrogens with two attached hydrogens (primary N) is 1. The van der Waals surface area contributed by atoms with Crippen LogP contribution in [-0.2, 0) is 0 Å². The van der Waals surface area contributed by atoms with Crippen molar-refractivity contribution < 1.29 is 4.79 Å². The molecule has 0 fully saturated rings. The average Bonchev–Trinajstić information content (AvgIpc) is 2.36. The molecule has 104 valence electrons. The molecule has 4 N–H and O–H groups in total. The molecule has 4 nitrogen and oxygen atoms in total. The molecule has 0 bridgehead atoms. The van der Waals surface area contributed by atoms with Gasteiger partial charge in [-0.3, -0.25) is 0 Å². The molecule has 0 unspecified atom stereocenters. The van der Waals surface area contributed by atoms with Gasteiger partial charge in [-0.2, -0.15) is 0 Å². The Morgan fingerprint density at radius 1 is 1.10 bits per heavy atom. The Morgan fingerprint density at radius 2 is 1.80 bits per heavy atom. The lowest BCUT2D eigenvalue weighted by Crippen LogP contribution is -2.20. The molecule has 0 saturated carbocycles. The van der Waals surface area contributed by atoms with Gasteiger partial charge in [-0.15, -0.1) is 0 Å². The monoisotopic (exact) mass is 289 g/mol. The number of anilines is 3. The first-order valence-electron chi connectivity index (χ1n) is 6.16. The zero-order valence-electron chi connectivity index (χ0n) is 11.3. The summed E-state index contributed by atoms with van der Waals surface area (Å²) in [4.78, 5) is 11.9. The van der Waals surface area contributed by atoms with E-state index in [0.717, 1.165) is 11.1 Å². The number of rotatable bonds is 2. The van der Waals surface area contributed by atoms with Gasteiger partial charge in [-0.1, -0.05) is 17.7 Å². The summed E-state index contributed by atoms with van der Waals surface area (Å²) < 4.78 is 0. The van der Waals surface area contributed by atoms with Crippen LogP contribution in [0.2, 0.25) is 5.02 Å². The number of aryl methyl sites for hydroxylation is 2. The summed E-state index contributed by atoms with van der Waals surface area (Å²) in [7, 11) is 0. The topological polar surface area (TPSA) is 67.1 Å². The molecule has 0 saturated heterocycles. The van der Waals surface area contributed by atoms with Crippen molar-refractivity contribution in [2.24, 2.45) is 0 Å². The largest absolute Gasteiger partial charge is 0.397 e. The fourth-order valence-electron chi connectivity index (χ4n) is 1.80. The number of hydrogen-bond acceptors (Lipinski definition) is 2. The molecular weight excluding hydrogens is 274 g/mol. The van der Waals surface area contributed by atoms with Crippen LogP contribution >= 0.6 is 11.6 Å². The normalized spacial score (nSPS) is 10.2. The molecule has 2 amide bonds. The Kier molecular flexibility index (Phi) is 4.15. The Bertz CT molecular complexity index is 656. The Hall–Kier alpha value is -2.20. The van der Waals surface area contributed by atoms with Crippen LogP contribution in [-0.4, -0.2) is 6.03 Å². The Balaban J connectivity index is 2.10. The number of benzene rings is 2. The Labute approximate surface area is 122 Å². The smallest absolute Gasteiger partial charge is 0.323 e. The molecule has 0 spiro atoms. The van der Waals surface area contributed by atoms with Crippen molar-refractivity contribution >= 4 is 34.7 Å². The van der Waals surface area contributed by atoms with Gasteiger partial charge in [0.05, 0.1) is 11.4 Å². The minimum atomic E-state index is -0.359. The second kappa shape index (κ2) is 5.84. The van der Waals surface area contributed by atoms with Gasteiger partial charge >= 0.3 is 6.03 Å². The molecule has 0 aliphatic heterocycles. The quantitative estimate of drug-likeness (QED) is 0.726. The standard InChI is InChI=1S/C15H16ClN3O/c1-9-6-13(17)14(7-10(9)2)19-15(20)18-12-5-3-4-11(16)8-12/h3-8H,17H2,1-2H3,(H2,18,19,20). The minimum Gasteiger partial charge on any atom is -0.397 e. The number of nitrogen functional groups attached to an aromatic ring is 1. The van der Waals surface area contributed by atoms with Gasteiger partial charge in [-0.05, 0) is 55.3 Å². The number of carbonyl (C=O) groups is 1. The van der Waals surface area contributed by atoms with Gasteiger partial charge in [0.1, 0.15) is 0 Å². The third-order valence-electron chi connectivity index (χ3n) is 3.00. The van der Waals surface area contributed by atoms with E-state index in [-0.39, 0.29) is 6.03 Å². The summed E-state index contributed by atoms with van der Waals surface area (Å²) in [5.74, 6) is 0. The predicted octanol–water partition coefficient (Wildman–Crippen LogP) is 4.18. The van der Waals surface area contributed by atoms with E-state index in [4.69, 9.17) is 17.3 Å². The molecule has 0 heterocycles. The highest BCUT2D eigenvalue weighted by Crippen LogP contribution is 2.23. The summed E-state index contributed by atoms with van der Waals surface area (Å²) in [6.45, 7) is 3.94. The molecule has 0 aliphatic carbocycles. The molecular formula is C15H16ClN3O. The maximum absolute atomic E-state index is 11.9. The first-order chi connectivity index (χ1) is 9.45. The second-order valence-electron chi connectivity index (χ2n) is 4.61. The van der Waals surface area contributed by atoms with Gasteiger partial charge in [0.25, 0.3) is 0 Å². The highest BCUT2D eigenvalue weighted by atomic mass is 35.5. The summed E-state index contributed by atoms with van der Waals surface area (Å²) in [6, 6.07) is 10.3. The van der Waals surface area contributed by atoms with E-state index in [1.807, 2.05) is 26.0 Å². The maximum Gasteiger partial charge on any atom is 0.323 e. The fraction of sp³-hybridized carbons (Fsp3) is 0.133. The molecule has 20 heavy (non-hydrogen) atoms. The van der Waals surface area contributed by atoms with Gasteiger partial charge < -0.3 is 16.4 Å². The molecule has 0 aliphatic rings. The summed E-state index contributed by atoms with van der Waals surface area (Å²) in [5, 5.41) is 5.99. The number of amides is 2. The molecule has 2 rings (SSSR count). The summed E-state index contributed by atoms with van der Waals surface area (Å²) in [5.41, 5.74) is 9.80. The Morgan fingerprint density at radius 3 is 2.50 bits per heavy atom. The van der Waals surface area contributed by atoms with Crippen LogP contribution in [0.15, 0.2) is 36.4 Å². The van der Waals surface area contributed by atoms with Crippen LogP contribution in [0.5, 0.6) is 0 Å². The highest BCUT2D eigenvalue weighted by molar-refractivity contribution is 6.30.